The minimum absolute atomic E-state index is 0.0618. The Kier molecular flexibility index (Phi) is 6.61. The molecular weight excluding hydrogens is 416 g/mol. The van der Waals surface area contributed by atoms with Crippen molar-refractivity contribution in [3.63, 3.8) is 0 Å². The molecule has 8 nitrogen and oxygen atoms in total. The van der Waals surface area contributed by atoms with Crippen molar-refractivity contribution in [1.82, 2.24) is 19.2 Å². The molecule has 1 aliphatic rings. The van der Waals surface area contributed by atoms with Crippen LogP contribution in [-0.4, -0.2) is 65.6 Å². The quantitative estimate of drug-likeness (QED) is 0.773. The van der Waals surface area contributed by atoms with Gasteiger partial charge in [0.05, 0.1) is 23.8 Å². The normalized spacial score (nSPS) is 15.7. The first-order valence-electron chi connectivity index (χ1n) is 9.49. The maximum Gasteiger partial charge on any atom is 0.321 e. The highest BCUT2D eigenvalue weighted by Gasteiger charge is 2.30. The van der Waals surface area contributed by atoms with Crippen molar-refractivity contribution in [2.24, 2.45) is 0 Å². The Labute approximate surface area is 174 Å². The molecule has 2 heterocycles. The topological polar surface area (TPSA) is 95.5 Å². The van der Waals surface area contributed by atoms with Crippen LogP contribution in [0.2, 0.25) is 0 Å². The van der Waals surface area contributed by atoms with Gasteiger partial charge in [0.25, 0.3) is 0 Å². The van der Waals surface area contributed by atoms with Crippen LogP contribution in [0.4, 0.5) is 19.3 Å². The number of hydrogen-bond donors (Lipinski definition) is 1. The molecule has 0 aliphatic carbocycles. The Balaban J connectivity index is 1.59. The molecule has 1 saturated heterocycles. The van der Waals surface area contributed by atoms with E-state index in [1.165, 1.54) is 21.6 Å². The van der Waals surface area contributed by atoms with Gasteiger partial charge in [0, 0.05) is 37.8 Å². The molecule has 2 aromatic rings. The second-order valence-electron chi connectivity index (χ2n) is 7.03. The number of halogens is 2. The molecule has 1 N–H and O–H groups in total. The van der Waals surface area contributed by atoms with Crippen LogP contribution < -0.4 is 5.32 Å². The van der Waals surface area contributed by atoms with E-state index in [9.17, 15) is 22.0 Å². The molecule has 0 spiro atoms. The number of carbonyl (C=O) groups is 1. The second kappa shape index (κ2) is 9.00. The fraction of sp³-hybridized carbons (Fsp3) is 0.421. The number of piperidine rings is 1. The minimum atomic E-state index is -3.22. The molecule has 0 atom stereocenters. The maximum atomic E-state index is 13.3. The molecule has 30 heavy (non-hydrogen) atoms. The molecule has 0 bridgehead atoms. The number of urea groups is 1. The third-order valence-electron chi connectivity index (χ3n) is 5.07. The summed E-state index contributed by atoms with van der Waals surface area (Å²) in [7, 11) is -1.57. The van der Waals surface area contributed by atoms with E-state index in [0.29, 0.717) is 31.6 Å². The van der Waals surface area contributed by atoms with Gasteiger partial charge >= 0.3 is 6.03 Å². The van der Waals surface area contributed by atoms with Gasteiger partial charge in [-0.2, -0.15) is 0 Å². The van der Waals surface area contributed by atoms with Crippen molar-refractivity contribution in [3.8, 4) is 11.4 Å². The molecule has 0 saturated carbocycles. The van der Waals surface area contributed by atoms with Gasteiger partial charge in [-0.05, 0) is 31.9 Å². The van der Waals surface area contributed by atoms with Crippen molar-refractivity contribution in [2.45, 2.75) is 25.8 Å². The predicted octanol–water partition coefficient (Wildman–Crippen LogP) is 2.70. The van der Waals surface area contributed by atoms with Crippen LogP contribution in [0.1, 0.15) is 19.8 Å². The van der Waals surface area contributed by atoms with E-state index in [0.717, 1.165) is 18.2 Å². The van der Waals surface area contributed by atoms with E-state index >= 15 is 0 Å². The molecule has 1 aromatic heterocycles. The highest BCUT2D eigenvalue weighted by atomic mass is 32.2. The Morgan fingerprint density at radius 3 is 2.27 bits per heavy atom. The molecule has 1 aliphatic heterocycles. The number of nitrogens with zero attached hydrogens (tertiary/aromatic N) is 4. The van der Waals surface area contributed by atoms with Gasteiger partial charge in [0.1, 0.15) is 11.6 Å². The largest absolute Gasteiger partial charge is 0.325 e. The summed E-state index contributed by atoms with van der Waals surface area (Å²) >= 11 is 0. The summed E-state index contributed by atoms with van der Waals surface area (Å²) in [5, 5.41) is 2.68. The van der Waals surface area contributed by atoms with Gasteiger partial charge in [-0.3, -0.25) is 0 Å². The summed E-state index contributed by atoms with van der Waals surface area (Å²) in [6, 6.07) is 2.53. The lowest BCUT2D eigenvalue weighted by Gasteiger charge is -2.35. The maximum absolute atomic E-state index is 13.3. The first kappa shape index (κ1) is 22.0. The molecule has 1 fully saturated rings. The average molecular weight is 439 g/mol. The third kappa shape index (κ3) is 5.08. The highest BCUT2D eigenvalue weighted by molar-refractivity contribution is 7.89. The Morgan fingerprint density at radius 2 is 1.73 bits per heavy atom. The predicted molar refractivity (Wildman–Crippen MR) is 108 cm³/mol. The fourth-order valence-corrected chi connectivity index (χ4v) is 4.42. The summed E-state index contributed by atoms with van der Waals surface area (Å²) in [5.74, 6) is -1.27. The van der Waals surface area contributed by atoms with Gasteiger partial charge in [0.15, 0.2) is 5.82 Å². The molecule has 0 unspecified atom stereocenters. The van der Waals surface area contributed by atoms with Crippen LogP contribution >= 0.6 is 0 Å². The summed E-state index contributed by atoms with van der Waals surface area (Å²) < 4.78 is 52.0. The molecule has 11 heteroatoms. The SMILES string of the molecule is CCS(=O)(=O)N1CCC(N(C)C(=O)Nc2cnc(-c3cc(F)cc(F)c3)nc2)CC1. The van der Waals surface area contributed by atoms with E-state index < -0.39 is 21.7 Å². The zero-order valence-corrected chi connectivity index (χ0v) is 17.5. The number of hydrogen-bond acceptors (Lipinski definition) is 5. The van der Waals surface area contributed by atoms with Crippen LogP contribution in [-0.2, 0) is 10.0 Å². The van der Waals surface area contributed by atoms with Crippen molar-refractivity contribution in [3.05, 3.63) is 42.2 Å². The number of anilines is 1. The number of sulfonamides is 1. The van der Waals surface area contributed by atoms with Gasteiger partial charge < -0.3 is 10.2 Å². The Bertz CT molecular complexity index is 989. The average Bonchev–Trinajstić information content (AvgIpc) is 2.73. The van der Waals surface area contributed by atoms with E-state index in [1.54, 1.807) is 14.0 Å². The molecule has 2 amide bonds. The van der Waals surface area contributed by atoms with Gasteiger partial charge in [-0.1, -0.05) is 0 Å². The van der Waals surface area contributed by atoms with E-state index in [4.69, 9.17) is 0 Å². The summed E-state index contributed by atoms with van der Waals surface area (Å²) in [6.07, 6.45) is 3.80. The Morgan fingerprint density at radius 1 is 1.17 bits per heavy atom. The summed E-state index contributed by atoms with van der Waals surface area (Å²) in [6.45, 7) is 2.36. The lowest BCUT2D eigenvalue weighted by Crippen LogP contribution is -2.48. The van der Waals surface area contributed by atoms with Crippen molar-refractivity contribution < 1.29 is 22.0 Å². The van der Waals surface area contributed by atoms with Crippen molar-refractivity contribution >= 4 is 21.7 Å². The molecule has 0 radical (unpaired) electrons. The van der Waals surface area contributed by atoms with Crippen LogP contribution in [0.5, 0.6) is 0 Å². The number of benzene rings is 1. The minimum Gasteiger partial charge on any atom is -0.325 e. The number of carbonyl (C=O) groups excluding carboxylic acids is 1. The van der Waals surface area contributed by atoms with Crippen molar-refractivity contribution in [2.75, 3.05) is 31.2 Å². The third-order valence-corrected chi connectivity index (χ3v) is 6.96. The molecule has 162 valence electrons. The zero-order valence-electron chi connectivity index (χ0n) is 16.7. The summed E-state index contributed by atoms with van der Waals surface area (Å²) in [4.78, 5) is 22.2. The van der Waals surface area contributed by atoms with Gasteiger partial charge in [0.2, 0.25) is 10.0 Å². The van der Waals surface area contributed by atoms with Crippen LogP contribution in [0.25, 0.3) is 11.4 Å². The molecule has 3 rings (SSSR count). The van der Waals surface area contributed by atoms with E-state index in [2.05, 4.69) is 15.3 Å². The van der Waals surface area contributed by atoms with Crippen LogP contribution in [0.15, 0.2) is 30.6 Å². The molecule has 1 aromatic carbocycles. The zero-order chi connectivity index (χ0) is 21.9. The smallest absolute Gasteiger partial charge is 0.321 e. The first-order chi connectivity index (χ1) is 14.2. The van der Waals surface area contributed by atoms with Crippen molar-refractivity contribution in [1.29, 1.82) is 0 Å². The Hall–Kier alpha value is -2.66. The van der Waals surface area contributed by atoms with Crippen LogP contribution in [0, 0.1) is 11.6 Å². The molecular formula is C19H23F2N5O3S. The number of rotatable bonds is 5. The lowest BCUT2D eigenvalue weighted by atomic mass is 10.1. The summed E-state index contributed by atoms with van der Waals surface area (Å²) in [5.41, 5.74) is 0.523. The number of aromatic nitrogens is 2. The lowest BCUT2D eigenvalue weighted by molar-refractivity contribution is 0.174. The standard InChI is InChI=1S/C19H23F2N5O3S/c1-3-30(28,29)26-6-4-17(5-7-26)25(2)19(27)24-16-11-22-18(23-12-16)13-8-14(20)10-15(21)9-13/h8-12,17H,3-7H2,1-2H3,(H,24,27). The van der Waals surface area contributed by atoms with E-state index in [-0.39, 0.29) is 29.2 Å². The number of amides is 2. The monoisotopic (exact) mass is 439 g/mol. The number of nitrogens with one attached hydrogen (secondary N) is 1. The highest BCUT2D eigenvalue weighted by Crippen LogP contribution is 2.21. The fourth-order valence-electron chi connectivity index (χ4n) is 3.29. The van der Waals surface area contributed by atoms with E-state index in [1.807, 2.05) is 0 Å². The second-order valence-corrected chi connectivity index (χ2v) is 9.28. The van der Waals surface area contributed by atoms with Gasteiger partial charge in [-0.15, -0.1) is 0 Å². The van der Waals surface area contributed by atoms with Gasteiger partial charge in [-0.25, -0.2) is 36.3 Å². The first-order valence-corrected chi connectivity index (χ1v) is 11.1. The van der Waals surface area contributed by atoms with Crippen LogP contribution in [0.3, 0.4) is 0 Å².